The van der Waals surface area contributed by atoms with Crippen LogP contribution in [0.1, 0.15) is 32.6 Å². The average molecular weight is 294 g/mol. The largest absolute Gasteiger partial charge is 0.481 e. The molecular weight excluding hydrogens is 272 g/mol. The van der Waals surface area contributed by atoms with Crippen LogP contribution in [-0.4, -0.2) is 55.6 Å². The number of sulfonamides is 1. The second-order valence-corrected chi connectivity index (χ2v) is 6.19. The second-order valence-electron chi connectivity index (χ2n) is 4.21. The van der Waals surface area contributed by atoms with Crippen molar-refractivity contribution in [2.45, 2.75) is 32.6 Å². The van der Waals surface area contributed by atoms with E-state index in [1.54, 1.807) is 6.92 Å². The number of rotatable bonds is 10. The van der Waals surface area contributed by atoms with Gasteiger partial charge in [0.2, 0.25) is 15.9 Å². The zero-order valence-corrected chi connectivity index (χ0v) is 12.2. The molecule has 0 radical (unpaired) electrons. The van der Waals surface area contributed by atoms with Crippen molar-refractivity contribution in [1.82, 2.24) is 9.62 Å². The van der Waals surface area contributed by atoms with Gasteiger partial charge >= 0.3 is 5.97 Å². The Balaban J connectivity index is 3.74. The van der Waals surface area contributed by atoms with Gasteiger partial charge < -0.3 is 10.4 Å². The van der Waals surface area contributed by atoms with Crippen molar-refractivity contribution in [2.24, 2.45) is 0 Å². The van der Waals surface area contributed by atoms with Gasteiger partial charge in [-0.15, -0.1) is 0 Å². The molecule has 0 spiro atoms. The molecule has 0 aliphatic rings. The number of carboxylic acids is 1. The summed E-state index contributed by atoms with van der Waals surface area (Å²) in [6.07, 6.45) is 2.15. The summed E-state index contributed by atoms with van der Waals surface area (Å²) < 4.78 is 23.9. The van der Waals surface area contributed by atoms with Gasteiger partial charge in [0, 0.05) is 32.5 Å². The molecular formula is C11H22N2O5S. The second kappa shape index (κ2) is 8.87. The molecule has 0 aromatic rings. The van der Waals surface area contributed by atoms with Crippen molar-refractivity contribution in [2.75, 3.05) is 25.9 Å². The van der Waals surface area contributed by atoms with Gasteiger partial charge in [0.15, 0.2) is 0 Å². The Bertz CT molecular complexity index is 394. The van der Waals surface area contributed by atoms with Crippen LogP contribution in [0.4, 0.5) is 0 Å². The first-order chi connectivity index (χ1) is 8.77. The number of hydrogen-bond donors (Lipinski definition) is 2. The number of carbonyl (C=O) groups excluding carboxylic acids is 1. The molecule has 7 nitrogen and oxygen atoms in total. The molecule has 0 saturated heterocycles. The summed E-state index contributed by atoms with van der Waals surface area (Å²) in [6, 6.07) is 0. The van der Waals surface area contributed by atoms with Gasteiger partial charge in [-0.1, -0.05) is 6.92 Å². The summed E-state index contributed by atoms with van der Waals surface area (Å²) in [5.41, 5.74) is 0. The number of carbonyl (C=O) groups is 2. The Labute approximate surface area is 114 Å². The van der Waals surface area contributed by atoms with Gasteiger partial charge in [-0.25, -0.2) is 12.7 Å². The summed E-state index contributed by atoms with van der Waals surface area (Å²) in [4.78, 5) is 21.5. The first kappa shape index (κ1) is 17.8. The van der Waals surface area contributed by atoms with E-state index in [-0.39, 0.29) is 18.7 Å². The lowest BCUT2D eigenvalue weighted by Crippen LogP contribution is -2.33. The van der Waals surface area contributed by atoms with E-state index in [1.807, 2.05) is 0 Å². The van der Waals surface area contributed by atoms with Crippen molar-refractivity contribution in [3.63, 3.8) is 0 Å². The molecule has 0 aromatic heterocycles. The summed E-state index contributed by atoms with van der Waals surface area (Å²) in [5, 5.41) is 11.0. The van der Waals surface area contributed by atoms with Gasteiger partial charge in [0.25, 0.3) is 0 Å². The lowest BCUT2D eigenvalue weighted by atomic mass is 10.2. The van der Waals surface area contributed by atoms with Crippen molar-refractivity contribution in [3.05, 3.63) is 0 Å². The van der Waals surface area contributed by atoms with E-state index in [0.29, 0.717) is 32.5 Å². The van der Waals surface area contributed by atoms with Crippen LogP contribution in [0.2, 0.25) is 0 Å². The molecule has 0 aromatic carbocycles. The predicted molar refractivity (Wildman–Crippen MR) is 71.2 cm³/mol. The van der Waals surface area contributed by atoms with Gasteiger partial charge in [0.1, 0.15) is 0 Å². The molecule has 0 aliphatic carbocycles. The maximum atomic E-state index is 11.3. The molecule has 0 saturated carbocycles. The summed E-state index contributed by atoms with van der Waals surface area (Å²) in [6.45, 7) is 2.92. The zero-order chi connectivity index (χ0) is 14.9. The molecule has 8 heteroatoms. The van der Waals surface area contributed by atoms with Crippen molar-refractivity contribution in [3.8, 4) is 0 Å². The number of nitrogens with one attached hydrogen (secondary N) is 1. The number of hydrogen-bond acceptors (Lipinski definition) is 4. The molecule has 0 bridgehead atoms. The number of nitrogens with zero attached hydrogens (tertiary/aromatic N) is 1. The Morgan fingerprint density at radius 3 is 2.32 bits per heavy atom. The maximum Gasteiger partial charge on any atom is 0.303 e. The van der Waals surface area contributed by atoms with E-state index >= 15 is 0 Å². The molecule has 0 atom stereocenters. The molecule has 0 rings (SSSR count). The third kappa shape index (κ3) is 9.43. The number of amides is 1. The first-order valence-corrected chi connectivity index (χ1v) is 8.05. The van der Waals surface area contributed by atoms with Gasteiger partial charge in [-0.05, 0) is 12.8 Å². The Hall–Kier alpha value is -1.15. The van der Waals surface area contributed by atoms with Crippen LogP contribution in [0, 0.1) is 0 Å². The number of carboxylic acid groups (broad SMARTS) is 1. The molecule has 0 heterocycles. The molecule has 1 amide bonds. The SMILES string of the molecule is CCN(CCCNC(=O)CCCC(=O)O)S(C)(=O)=O. The highest BCUT2D eigenvalue weighted by Gasteiger charge is 2.13. The molecule has 112 valence electrons. The molecule has 2 N–H and O–H groups in total. The third-order valence-corrected chi connectivity index (χ3v) is 3.90. The standard InChI is InChI=1S/C11H22N2O5S/c1-3-13(19(2,17)18)9-5-8-12-10(14)6-4-7-11(15)16/h3-9H2,1-2H3,(H,12,14)(H,15,16). The van der Waals surface area contributed by atoms with Crippen molar-refractivity contribution in [1.29, 1.82) is 0 Å². The fourth-order valence-electron chi connectivity index (χ4n) is 1.53. The summed E-state index contributed by atoms with van der Waals surface area (Å²) >= 11 is 0. The van der Waals surface area contributed by atoms with Crippen LogP contribution in [0.15, 0.2) is 0 Å². The minimum Gasteiger partial charge on any atom is -0.481 e. The van der Waals surface area contributed by atoms with Crippen LogP contribution < -0.4 is 5.32 Å². The third-order valence-electron chi connectivity index (χ3n) is 2.52. The molecule has 19 heavy (non-hydrogen) atoms. The minimum atomic E-state index is -3.18. The Morgan fingerprint density at radius 1 is 1.21 bits per heavy atom. The monoisotopic (exact) mass is 294 g/mol. The van der Waals surface area contributed by atoms with E-state index in [0.717, 1.165) is 6.26 Å². The van der Waals surface area contributed by atoms with E-state index < -0.39 is 16.0 Å². The topological polar surface area (TPSA) is 104 Å². The van der Waals surface area contributed by atoms with E-state index in [2.05, 4.69) is 5.32 Å². The minimum absolute atomic E-state index is 0.0227. The highest BCUT2D eigenvalue weighted by Crippen LogP contribution is 1.99. The zero-order valence-electron chi connectivity index (χ0n) is 11.4. The van der Waals surface area contributed by atoms with Crippen molar-refractivity contribution < 1.29 is 23.1 Å². The first-order valence-electron chi connectivity index (χ1n) is 6.21. The van der Waals surface area contributed by atoms with Crippen molar-refractivity contribution >= 4 is 21.9 Å². The fraction of sp³-hybridized carbons (Fsp3) is 0.818. The van der Waals surface area contributed by atoms with Crippen LogP contribution in [0.5, 0.6) is 0 Å². The Kier molecular flexibility index (Phi) is 8.33. The van der Waals surface area contributed by atoms with E-state index in [1.165, 1.54) is 4.31 Å². The predicted octanol–water partition coefficient (Wildman–Crippen LogP) is 0.0291. The van der Waals surface area contributed by atoms with Gasteiger partial charge in [0.05, 0.1) is 6.26 Å². The highest BCUT2D eigenvalue weighted by molar-refractivity contribution is 7.88. The van der Waals surface area contributed by atoms with E-state index in [4.69, 9.17) is 5.11 Å². The average Bonchev–Trinajstić information content (AvgIpc) is 2.26. The highest BCUT2D eigenvalue weighted by atomic mass is 32.2. The van der Waals surface area contributed by atoms with Gasteiger partial charge in [-0.3, -0.25) is 9.59 Å². The van der Waals surface area contributed by atoms with Crippen LogP contribution >= 0.6 is 0 Å². The molecule has 0 fully saturated rings. The van der Waals surface area contributed by atoms with Gasteiger partial charge in [-0.2, -0.15) is 0 Å². The maximum absolute atomic E-state index is 11.3. The smallest absolute Gasteiger partial charge is 0.303 e. The number of aliphatic carboxylic acids is 1. The molecule has 0 aliphatic heterocycles. The fourth-order valence-corrected chi connectivity index (χ4v) is 2.46. The Morgan fingerprint density at radius 2 is 1.84 bits per heavy atom. The van der Waals surface area contributed by atoms with Crippen LogP contribution in [-0.2, 0) is 19.6 Å². The van der Waals surface area contributed by atoms with Crippen LogP contribution in [0.25, 0.3) is 0 Å². The lowest BCUT2D eigenvalue weighted by molar-refractivity contribution is -0.137. The van der Waals surface area contributed by atoms with Crippen LogP contribution in [0.3, 0.4) is 0 Å². The van der Waals surface area contributed by atoms with E-state index in [9.17, 15) is 18.0 Å². The molecule has 0 unspecified atom stereocenters. The quantitative estimate of drug-likeness (QED) is 0.553. The summed E-state index contributed by atoms with van der Waals surface area (Å²) in [5.74, 6) is -1.12. The summed E-state index contributed by atoms with van der Waals surface area (Å²) in [7, 11) is -3.18. The normalized spacial score (nSPS) is 11.5. The lowest BCUT2D eigenvalue weighted by Gasteiger charge is -2.17.